The highest BCUT2D eigenvalue weighted by atomic mass is 35.5. The summed E-state index contributed by atoms with van der Waals surface area (Å²) in [5.74, 6) is 0.816. The van der Waals surface area contributed by atoms with Crippen molar-refractivity contribution < 1.29 is 4.74 Å². The maximum atomic E-state index is 6.17. The molecule has 0 aromatic heterocycles. The molecule has 3 aromatic carbocycles. The fraction of sp³-hybridized carbons (Fsp3) is 0.100. The quantitative estimate of drug-likeness (QED) is 0.496. The fourth-order valence-corrected chi connectivity index (χ4v) is 2.92. The first kappa shape index (κ1) is 17.9. The molecule has 0 saturated carbocycles. The first-order valence-electron chi connectivity index (χ1n) is 7.75. The number of anilines is 1. The van der Waals surface area contributed by atoms with Gasteiger partial charge in [0, 0.05) is 16.6 Å². The van der Waals surface area contributed by atoms with Crippen LogP contribution in [-0.4, -0.2) is 0 Å². The molecule has 0 unspecified atom stereocenters. The lowest BCUT2D eigenvalue weighted by atomic mass is 10.2. The van der Waals surface area contributed by atoms with Gasteiger partial charge in [-0.1, -0.05) is 59.1 Å². The van der Waals surface area contributed by atoms with Gasteiger partial charge in [-0.2, -0.15) is 0 Å². The molecule has 0 aliphatic carbocycles. The Balaban J connectivity index is 1.60. The largest absolute Gasteiger partial charge is 0.489 e. The summed E-state index contributed by atoms with van der Waals surface area (Å²) >= 11 is 18.0. The minimum atomic E-state index is 0.497. The number of hydrogen-bond acceptors (Lipinski definition) is 2. The van der Waals surface area contributed by atoms with E-state index in [1.165, 1.54) is 0 Å². The molecule has 0 aliphatic heterocycles. The minimum absolute atomic E-state index is 0.497. The summed E-state index contributed by atoms with van der Waals surface area (Å²) < 4.78 is 5.85. The Bertz CT molecular complexity index is 850. The molecular weight excluding hydrogens is 377 g/mol. The Hall–Kier alpha value is -1.87. The topological polar surface area (TPSA) is 21.3 Å². The van der Waals surface area contributed by atoms with Gasteiger partial charge in [-0.3, -0.25) is 0 Å². The summed E-state index contributed by atoms with van der Waals surface area (Å²) in [6, 6.07) is 21.0. The average Bonchev–Trinajstić information content (AvgIpc) is 2.61. The smallest absolute Gasteiger partial charge is 0.120 e. The van der Waals surface area contributed by atoms with Gasteiger partial charge in [0.05, 0.1) is 10.7 Å². The molecule has 3 aromatic rings. The second-order valence-electron chi connectivity index (χ2n) is 5.54. The van der Waals surface area contributed by atoms with Gasteiger partial charge >= 0.3 is 0 Å². The lowest BCUT2D eigenvalue weighted by molar-refractivity contribution is 0.306. The molecule has 5 heteroatoms. The summed E-state index contributed by atoms with van der Waals surface area (Å²) in [4.78, 5) is 0. The Morgan fingerprint density at radius 3 is 2.28 bits per heavy atom. The summed E-state index contributed by atoms with van der Waals surface area (Å²) in [5, 5.41) is 5.24. The van der Waals surface area contributed by atoms with Gasteiger partial charge in [0.1, 0.15) is 12.4 Å². The molecule has 128 valence electrons. The van der Waals surface area contributed by atoms with Crippen LogP contribution in [0.15, 0.2) is 66.7 Å². The number of nitrogens with one attached hydrogen (secondary N) is 1. The van der Waals surface area contributed by atoms with Crippen LogP contribution >= 0.6 is 34.8 Å². The molecule has 0 bridgehead atoms. The van der Waals surface area contributed by atoms with E-state index in [0.717, 1.165) is 27.6 Å². The first-order chi connectivity index (χ1) is 12.1. The highest BCUT2D eigenvalue weighted by Crippen LogP contribution is 2.26. The van der Waals surface area contributed by atoms with Gasteiger partial charge in [-0.25, -0.2) is 0 Å². The van der Waals surface area contributed by atoms with Crippen molar-refractivity contribution in [3.05, 3.63) is 92.9 Å². The van der Waals surface area contributed by atoms with Crippen LogP contribution in [0.1, 0.15) is 11.1 Å². The highest BCUT2D eigenvalue weighted by molar-refractivity contribution is 6.36. The Morgan fingerprint density at radius 1 is 0.760 bits per heavy atom. The van der Waals surface area contributed by atoms with E-state index in [2.05, 4.69) is 5.32 Å². The van der Waals surface area contributed by atoms with Crippen molar-refractivity contribution in [1.29, 1.82) is 0 Å². The number of rotatable bonds is 6. The number of benzene rings is 3. The molecule has 0 aliphatic rings. The molecule has 25 heavy (non-hydrogen) atoms. The van der Waals surface area contributed by atoms with E-state index in [0.29, 0.717) is 23.2 Å². The monoisotopic (exact) mass is 391 g/mol. The molecule has 0 heterocycles. The molecule has 0 spiro atoms. The third-order valence-electron chi connectivity index (χ3n) is 3.63. The van der Waals surface area contributed by atoms with Crippen LogP contribution in [0.3, 0.4) is 0 Å². The predicted molar refractivity (Wildman–Crippen MR) is 106 cm³/mol. The molecule has 2 nitrogen and oxygen atoms in total. The maximum absolute atomic E-state index is 6.17. The van der Waals surface area contributed by atoms with Crippen LogP contribution in [0.2, 0.25) is 15.1 Å². The van der Waals surface area contributed by atoms with Crippen molar-refractivity contribution >= 4 is 40.5 Å². The van der Waals surface area contributed by atoms with E-state index in [9.17, 15) is 0 Å². The zero-order valence-corrected chi connectivity index (χ0v) is 15.6. The van der Waals surface area contributed by atoms with Crippen LogP contribution in [0.25, 0.3) is 0 Å². The first-order valence-corrected chi connectivity index (χ1v) is 8.89. The summed E-state index contributed by atoms with van der Waals surface area (Å²) in [5.41, 5.74) is 3.01. The third kappa shape index (κ3) is 5.30. The van der Waals surface area contributed by atoms with Crippen molar-refractivity contribution in [2.75, 3.05) is 5.32 Å². The van der Waals surface area contributed by atoms with Crippen LogP contribution in [0.5, 0.6) is 5.75 Å². The predicted octanol–water partition coefficient (Wildman–Crippen LogP) is 6.84. The molecule has 3 rings (SSSR count). The standard InChI is InChI=1S/C20H16Cl3NO/c21-16-6-4-14(5-7-16)13-25-18-3-1-2-15(10-18)12-24-20-9-8-17(22)11-19(20)23/h1-11,24H,12-13H2. The fourth-order valence-electron chi connectivity index (χ4n) is 2.32. The second kappa shape index (κ2) is 8.48. The number of ether oxygens (including phenoxy) is 1. The van der Waals surface area contributed by atoms with E-state index in [4.69, 9.17) is 39.5 Å². The van der Waals surface area contributed by atoms with Crippen molar-refractivity contribution in [3.8, 4) is 5.75 Å². The van der Waals surface area contributed by atoms with Crippen LogP contribution in [0, 0.1) is 0 Å². The maximum Gasteiger partial charge on any atom is 0.120 e. The Labute approximate surface area is 162 Å². The van der Waals surface area contributed by atoms with Crippen LogP contribution < -0.4 is 10.1 Å². The van der Waals surface area contributed by atoms with E-state index in [-0.39, 0.29) is 0 Å². The van der Waals surface area contributed by atoms with Crippen LogP contribution in [0.4, 0.5) is 5.69 Å². The molecule has 0 atom stereocenters. The van der Waals surface area contributed by atoms with Gasteiger partial charge in [0.15, 0.2) is 0 Å². The lowest BCUT2D eigenvalue weighted by Gasteiger charge is -2.11. The minimum Gasteiger partial charge on any atom is -0.489 e. The van der Waals surface area contributed by atoms with Gasteiger partial charge in [-0.15, -0.1) is 0 Å². The van der Waals surface area contributed by atoms with Gasteiger partial charge in [0.25, 0.3) is 0 Å². The Kier molecular flexibility index (Phi) is 6.09. The van der Waals surface area contributed by atoms with Crippen molar-refractivity contribution in [3.63, 3.8) is 0 Å². The second-order valence-corrected chi connectivity index (χ2v) is 6.82. The zero-order chi connectivity index (χ0) is 17.6. The zero-order valence-electron chi connectivity index (χ0n) is 13.3. The lowest BCUT2D eigenvalue weighted by Crippen LogP contribution is -2.01. The molecule has 0 amide bonds. The normalized spacial score (nSPS) is 10.5. The average molecular weight is 393 g/mol. The molecular formula is C20H16Cl3NO. The van der Waals surface area contributed by atoms with Crippen molar-refractivity contribution in [1.82, 2.24) is 0 Å². The van der Waals surface area contributed by atoms with Crippen molar-refractivity contribution in [2.24, 2.45) is 0 Å². The van der Waals surface area contributed by atoms with Crippen LogP contribution in [-0.2, 0) is 13.2 Å². The Morgan fingerprint density at radius 2 is 1.52 bits per heavy atom. The van der Waals surface area contributed by atoms with Gasteiger partial charge in [-0.05, 0) is 53.6 Å². The SMILES string of the molecule is Clc1ccc(COc2cccc(CNc3ccc(Cl)cc3Cl)c2)cc1. The van der Waals surface area contributed by atoms with Gasteiger partial charge < -0.3 is 10.1 Å². The van der Waals surface area contributed by atoms with Gasteiger partial charge in [0.2, 0.25) is 0 Å². The van der Waals surface area contributed by atoms with E-state index >= 15 is 0 Å². The summed E-state index contributed by atoms with van der Waals surface area (Å²) in [6.45, 7) is 1.14. The third-order valence-corrected chi connectivity index (χ3v) is 4.43. The summed E-state index contributed by atoms with van der Waals surface area (Å²) in [6.07, 6.45) is 0. The number of hydrogen-bond donors (Lipinski definition) is 1. The number of halogens is 3. The van der Waals surface area contributed by atoms with E-state index in [1.807, 2.05) is 54.6 Å². The molecule has 1 N–H and O–H groups in total. The van der Waals surface area contributed by atoms with E-state index < -0.39 is 0 Å². The summed E-state index contributed by atoms with van der Waals surface area (Å²) in [7, 11) is 0. The van der Waals surface area contributed by atoms with E-state index in [1.54, 1.807) is 12.1 Å². The van der Waals surface area contributed by atoms with Crippen molar-refractivity contribution in [2.45, 2.75) is 13.2 Å². The molecule has 0 saturated heterocycles. The molecule has 0 fully saturated rings. The highest BCUT2D eigenvalue weighted by Gasteiger charge is 2.03. The molecule has 0 radical (unpaired) electrons.